The molecule has 3 aromatic rings. The lowest BCUT2D eigenvalue weighted by atomic mass is 10.3. The number of H-pyrrole nitrogens is 1. The van der Waals surface area contributed by atoms with Gasteiger partial charge in [-0.25, -0.2) is 9.97 Å². The molecule has 21 heavy (non-hydrogen) atoms. The fourth-order valence-corrected chi connectivity index (χ4v) is 1.78. The van der Waals surface area contributed by atoms with Crippen molar-refractivity contribution in [2.75, 3.05) is 12.4 Å². The molecular formula is C16H22N4O. The maximum atomic E-state index is 5.12. The van der Waals surface area contributed by atoms with Crippen LogP contribution in [0.1, 0.15) is 21.3 Å². The number of nitrogens with zero attached hydrogens (tertiary/aromatic N) is 2. The van der Waals surface area contributed by atoms with Crippen molar-refractivity contribution in [1.82, 2.24) is 15.0 Å². The van der Waals surface area contributed by atoms with Gasteiger partial charge in [-0.2, -0.15) is 0 Å². The molecule has 5 nitrogen and oxygen atoms in total. The summed E-state index contributed by atoms with van der Waals surface area (Å²) in [7, 11) is 1.65. The first-order valence-electron chi connectivity index (χ1n) is 6.56. The summed E-state index contributed by atoms with van der Waals surface area (Å²) in [5.41, 5.74) is 2.74. The minimum Gasteiger partial charge on any atom is -0.497 e. The predicted octanol–water partition coefficient (Wildman–Crippen LogP) is 4.37. The maximum Gasteiger partial charge on any atom is 0.158 e. The topological polar surface area (TPSA) is 62.8 Å². The quantitative estimate of drug-likeness (QED) is 0.750. The van der Waals surface area contributed by atoms with E-state index in [1.54, 1.807) is 13.4 Å². The summed E-state index contributed by atoms with van der Waals surface area (Å²) in [6.07, 6.45) is 3.39. The molecule has 0 aliphatic heterocycles. The highest BCUT2D eigenvalue weighted by Crippen LogP contribution is 2.22. The first-order chi connectivity index (χ1) is 9.86. The van der Waals surface area contributed by atoms with E-state index in [9.17, 15) is 0 Å². The van der Waals surface area contributed by atoms with Gasteiger partial charge in [-0.3, -0.25) is 0 Å². The number of benzene rings is 1. The van der Waals surface area contributed by atoms with Crippen molar-refractivity contribution in [3.8, 4) is 5.75 Å². The maximum absolute atomic E-state index is 5.12. The molecule has 0 aliphatic carbocycles. The summed E-state index contributed by atoms with van der Waals surface area (Å²) >= 11 is 0. The van der Waals surface area contributed by atoms with Crippen molar-refractivity contribution in [2.45, 2.75) is 21.3 Å². The molecule has 0 atom stereocenters. The van der Waals surface area contributed by atoms with Crippen LogP contribution < -0.4 is 10.1 Å². The lowest BCUT2D eigenvalue weighted by molar-refractivity contribution is 0.415. The lowest BCUT2D eigenvalue weighted by Gasteiger charge is -2.07. The zero-order chi connectivity index (χ0) is 14.4. The Balaban J connectivity index is 0.000000706. The van der Waals surface area contributed by atoms with E-state index >= 15 is 0 Å². The van der Waals surface area contributed by atoms with Crippen LogP contribution in [0.2, 0.25) is 0 Å². The normalized spacial score (nSPS) is 9.29. The molecule has 0 saturated heterocycles. The molecule has 0 aliphatic rings. The van der Waals surface area contributed by atoms with Gasteiger partial charge in [0.25, 0.3) is 0 Å². The molecule has 2 N–H and O–H groups in total. The molecule has 2 heterocycles. The molecule has 0 bridgehead atoms. The van der Waals surface area contributed by atoms with Gasteiger partial charge < -0.3 is 15.0 Å². The second-order valence-electron chi connectivity index (χ2n) is 3.81. The van der Waals surface area contributed by atoms with E-state index in [4.69, 9.17) is 4.74 Å². The van der Waals surface area contributed by atoms with Gasteiger partial charge >= 0.3 is 0 Å². The Morgan fingerprint density at radius 3 is 2.43 bits per heavy atom. The Morgan fingerprint density at radius 2 is 1.76 bits per heavy atom. The number of hydrogen-bond donors (Lipinski definition) is 2. The Labute approximate surface area is 125 Å². The molecule has 0 fully saturated rings. The van der Waals surface area contributed by atoms with Crippen molar-refractivity contribution >= 4 is 22.5 Å². The minimum absolute atomic E-state index is 0. The van der Waals surface area contributed by atoms with Crippen molar-refractivity contribution in [3.05, 3.63) is 42.9 Å². The number of aromatic amines is 1. The van der Waals surface area contributed by atoms with Crippen LogP contribution in [-0.4, -0.2) is 22.1 Å². The smallest absolute Gasteiger partial charge is 0.158 e. The summed E-state index contributed by atoms with van der Waals surface area (Å²) in [6.45, 7) is 4.00. The van der Waals surface area contributed by atoms with Crippen LogP contribution in [0.25, 0.3) is 11.0 Å². The monoisotopic (exact) mass is 286 g/mol. The Kier molecular flexibility index (Phi) is 6.20. The van der Waals surface area contributed by atoms with E-state index in [0.29, 0.717) is 0 Å². The van der Waals surface area contributed by atoms with Gasteiger partial charge in [-0.15, -0.1) is 0 Å². The number of fused-ring (bicyclic) bond motifs is 1. The van der Waals surface area contributed by atoms with Gasteiger partial charge in [-0.05, 0) is 30.3 Å². The molecule has 112 valence electrons. The first kappa shape index (κ1) is 16.5. The van der Waals surface area contributed by atoms with Crippen molar-refractivity contribution in [1.29, 1.82) is 0 Å². The van der Waals surface area contributed by atoms with Crippen molar-refractivity contribution < 1.29 is 4.74 Å². The van der Waals surface area contributed by atoms with E-state index in [2.05, 4.69) is 20.3 Å². The number of anilines is 2. The van der Waals surface area contributed by atoms with Gasteiger partial charge in [0.05, 0.1) is 12.6 Å². The van der Waals surface area contributed by atoms with Gasteiger partial charge in [0, 0.05) is 11.9 Å². The minimum atomic E-state index is 0. The van der Waals surface area contributed by atoms with Crippen LogP contribution in [0.15, 0.2) is 42.9 Å². The van der Waals surface area contributed by atoms with Crippen LogP contribution in [0.4, 0.5) is 11.5 Å². The molecule has 5 heteroatoms. The number of methoxy groups -OCH3 is 1. The van der Waals surface area contributed by atoms with Gasteiger partial charge in [0.15, 0.2) is 5.82 Å². The highest BCUT2D eigenvalue weighted by molar-refractivity contribution is 5.87. The number of hydrogen-bond acceptors (Lipinski definition) is 4. The average Bonchev–Trinajstić information content (AvgIpc) is 3.00. The van der Waals surface area contributed by atoms with E-state index in [1.807, 2.05) is 50.4 Å². The second kappa shape index (κ2) is 7.89. The number of aromatic nitrogens is 3. The standard InChI is InChI=1S/C13H12N4O.C2H6.CH4/c1-18-10-4-2-9(3-5-10)17-13-12-11(6-7-14-12)15-8-16-13;1-2;/h2-8,14H,1H3,(H,15,16,17);1-2H3;1H4. The van der Waals surface area contributed by atoms with Crippen LogP contribution >= 0.6 is 0 Å². The third kappa shape index (κ3) is 3.72. The third-order valence-electron chi connectivity index (χ3n) is 2.70. The zero-order valence-electron chi connectivity index (χ0n) is 11.8. The first-order valence-corrected chi connectivity index (χ1v) is 6.56. The molecule has 0 saturated carbocycles. The Bertz CT molecular complexity index is 661. The van der Waals surface area contributed by atoms with E-state index < -0.39 is 0 Å². The molecule has 2 aromatic heterocycles. The molecule has 0 amide bonds. The van der Waals surface area contributed by atoms with Crippen molar-refractivity contribution in [3.63, 3.8) is 0 Å². The van der Waals surface area contributed by atoms with Crippen LogP contribution in [0.5, 0.6) is 5.75 Å². The highest BCUT2D eigenvalue weighted by atomic mass is 16.5. The molecule has 1 aromatic carbocycles. The number of nitrogens with one attached hydrogen (secondary N) is 2. The largest absolute Gasteiger partial charge is 0.497 e. The summed E-state index contributed by atoms with van der Waals surface area (Å²) in [5, 5.41) is 3.25. The molecular weight excluding hydrogens is 264 g/mol. The molecule has 0 spiro atoms. The Morgan fingerprint density at radius 1 is 1.05 bits per heavy atom. The molecule has 3 rings (SSSR count). The fourth-order valence-electron chi connectivity index (χ4n) is 1.78. The van der Waals surface area contributed by atoms with E-state index in [-0.39, 0.29) is 7.43 Å². The summed E-state index contributed by atoms with van der Waals surface area (Å²) < 4.78 is 5.12. The van der Waals surface area contributed by atoms with E-state index in [1.165, 1.54) is 0 Å². The lowest BCUT2D eigenvalue weighted by Crippen LogP contribution is -1.95. The number of ether oxygens (including phenoxy) is 1. The Hall–Kier alpha value is -2.56. The highest BCUT2D eigenvalue weighted by Gasteiger charge is 2.04. The zero-order valence-corrected chi connectivity index (χ0v) is 11.8. The van der Waals surface area contributed by atoms with Crippen LogP contribution in [0.3, 0.4) is 0 Å². The van der Waals surface area contributed by atoms with Gasteiger partial charge in [-0.1, -0.05) is 21.3 Å². The van der Waals surface area contributed by atoms with E-state index in [0.717, 1.165) is 28.3 Å². The van der Waals surface area contributed by atoms with Gasteiger partial charge in [0.2, 0.25) is 0 Å². The SMILES string of the molecule is C.CC.COc1ccc(Nc2ncnc3cc[nH]c23)cc1. The van der Waals surface area contributed by atoms with Crippen LogP contribution in [0, 0.1) is 0 Å². The number of rotatable bonds is 3. The summed E-state index contributed by atoms with van der Waals surface area (Å²) in [6, 6.07) is 9.59. The summed E-state index contributed by atoms with van der Waals surface area (Å²) in [4.78, 5) is 11.5. The average molecular weight is 286 g/mol. The fraction of sp³-hybridized carbons (Fsp3) is 0.250. The molecule has 0 radical (unpaired) electrons. The van der Waals surface area contributed by atoms with Crippen LogP contribution in [-0.2, 0) is 0 Å². The summed E-state index contributed by atoms with van der Waals surface area (Å²) in [5.74, 6) is 1.59. The van der Waals surface area contributed by atoms with Crippen molar-refractivity contribution in [2.24, 2.45) is 0 Å². The molecule has 0 unspecified atom stereocenters. The second-order valence-corrected chi connectivity index (χ2v) is 3.81. The predicted molar refractivity (Wildman–Crippen MR) is 88.2 cm³/mol. The third-order valence-corrected chi connectivity index (χ3v) is 2.70. The van der Waals surface area contributed by atoms with Gasteiger partial charge in [0.1, 0.15) is 17.6 Å².